The van der Waals surface area contributed by atoms with Gasteiger partial charge in [0.25, 0.3) is 0 Å². The molecule has 0 heterocycles. The van der Waals surface area contributed by atoms with E-state index >= 15 is 0 Å². The van der Waals surface area contributed by atoms with Crippen LogP contribution in [0.5, 0.6) is 0 Å². The Morgan fingerprint density at radius 1 is 1.17 bits per heavy atom. The van der Waals surface area contributed by atoms with Gasteiger partial charge in [-0.2, -0.15) is 0 Å². The number of rotatable bonds is 4. The number of hydrogen-bond acceptors (Lipinski definition) is 1. The highest BCUT2D eigenvalue weighted by atomic mass is 79.9. The topological polar surface area (TPSA) is 32.3 Å². The van der Waals surface area contributed by atoms with Gasteiger partial charge in [0.05, 0.1) is 0 Å². The fraction of sp³-hybridized carbons (Fsp3) is 0.316. The molecule has 0 aliphatic heterocycles. The van der Waals surface area contributed by atoms with Gasteiger partial charge in [-0.1, -0.05) is 60.1 Å². The number of anilines is 1. The van der Waals surface area contributed by atoms with Crippen molar-refractivity contribution >= 4 is 27.6 Å². The minimum absolute atomic E-state index is 0.0934. The van der Waals surface area contributed by atoms with E-state index in [2.05, 4.69) is 41.2 Å². The first-order valence-electron chi connectivity index (χ1n) is 7.74. The zero-order valence-corrected chi connectivity index (χ0v) is 15.6. The van der Waals surface area contributed by atoms with Crippen LogP contribution in [0.15, 0.2) is 46.9 Å². The number of aryl methyl sites for hydroxylation is 1. The highest BCUT2D eigenvalue weighted by molar-refractivity contribution is 9.10. The molecule has 2 rings (SSSR count). The molecule has 0 unspecified atom stereocenters. The van der Waals surface area contributed by atoms with Crippen LogP contribution in [0.2, 0.25) is 0 Å². The van der Waals surface area contributed by atoms with Crippen molar-refractivity contribution in [2.75, 3.05) is 12.4 Å². The van der Waals surface area contributed by atoms with Crippen molar-refractivity contribution in [3.05, 3.63) is 63.6 Å². The molecule has 0 saturated heterocycles. The maximum Gasteiger partial charge on any atom is 0.321 e. The summed E-state index contributed by atoms with van der Waals surface area (Å²) in [4.78, 5) is 14.2. The SMILES string of the molecule is Cc1cccc(C(C)C)c1NC(=O)N(C)Cc1ccc(Br)cc1. The Morgan fingerprint density at radius 3 is 2.43 bits per heavy atom. The summed E-state index contributed by atoms with van der Waals surface area (Å²) in [5.41, 5.74) is 4.27. The number of carbonyl (C=O) groups is 1. The van der Waals surface area contributed by atoms with Crippen molar-refractivity contribution in [3.8, 4) is 0 Å². The zero-order valence-electron chi connectivity index (χ0n) is 14.1. The van der Waals surface area contributed by atoms with E-state index in [-0.39, 0.29) is 6.03 Å². The van der Waals surface area contributed by atoms with E-state index in [1.54, 1.807) is 4.90 Å². The molecule has 23 heavy (non-hydrogen) atoms. The van der Waals surface area contributed by atoms with E-state index in [1.807, 2.05) is 50.4 Å². The first-order chi connectivity index (χ1) is 10.9. The number of nitrogens with zero attached hydrogens (tertiary/aromatic N) is 1. The van der Waals surface area contributed by atoms with Crippen LogP contribution in [0.1, 0.15) is 36.5 Å². The molecule has 0 radical (unpaired) electrons. The number of nitrogens with one attached hydrogen (secondary N) is 1. The molecule has 0 fully saturated rings. The lowest BCUT2D eigenvalue weighted by Crippen LogP contribution is -2.31. The zero-order chi connectivity index (χ0) is 17.0. The summed E-state index contributed by atoms with van der Waals surface area (Å²) in [5, 5.41) is 3.07. The van der Waals surface area contributed by atoms with Crippen LogP contribution in [0.4, 0.5) is 10.5 Å². The fourth-order valence-electron chi connectivity index (χ4n) is 2.48. The van der Waals surface area contributed by atoms with Crippen molar-refractivity contribution in [2.45, 2.75) is 33.2 Å². The van der Waals surface area contributed by atoms with Gasteiger partial charge in [0.15, 0.2) is 0 Å². The fourth-order valence-corrected chi connectivity index (χ4v) is 2.74. The smallest absolute Gasteiger partial charge is 0.321 e. The summed E-state index contributed by atoms with van der Waals surface area (Å²) in [5.74, 6) is 0.363. The molecule has 0 saturated carbocycles. The Morgan fingerprint density at radius 2 is 1.83 bits per heavy atom. The Labute approximate surface area is 146 Å². The summed E-state index contributed by atoms with van der Waals surface area (Å²) in [6.07, 6.45) is 0. The first-order valence-corrected chi connectivity index (χ1v) is 8.54. The van der Waals surface area contributed by atoms with Crippen LogP contribution in [-0.2, 0) is 6.54 Å². The molecule has 0 atom stereocenters. The highest BCUT2D eigenvalue weighted by Gasteiger charge is 2.15. The van der Waals surface area contributed by atoms with E-state index in [4.69, 9.17) is 0 Å². The Balaban J connectivity index is 2.11. The summed E-state index contributed by atoms with van der Waals surface area (Å²) in [7, 11) is 1.81. The van der Waals surface area contributed by atoms with Gasteiger partial charge in [-0.3, -0.25) is 0 Å². The molecule has 0 bridgehead atoms. The highest BCUT2D eigenvalue weighted by Crippen LogP contribution is 2.27. The van der Waals surface area contributed by atoms with Gasteiger partial charge < -0.3 is 10.2 Å². The lowest BCUT2D eigenvalue weighted by atomic mass is 9.98. The molecule has 2 aromatic carbocycles. The standard InChI is InChI=1S/C19H23BrN2O/c1-13(2)17-7-5-6-14(3)18(17)21-19(23)22(4)12-15-8-10-16(20)11-9-15/h5-11,13H,12H2,1-4H3,(H,21,23). The van der Waals surface area contributed by atoms with E-state index in [0.717, 1.165) is 26.9 Å². The van der Waals surface area contributed by atoms with Crippen molar-refractivity contribution in [2.24, 2.45) is 0 Å². The minimum atomic E-state index is -0.0934. The van der Waals surface area contributed by atoms with Crippen LogP contribution >= 0.6 is 15.9 Å². The van der Waals surface area contributed by atoms with Gasteiger partial charge >= 0.3 is 6.03 Å². The number of halogens is 1. The molecular weight excluding hydrogens is 352 g/mol. The van der Waals surface area contributed by atoms with Crippen LogP contribution in [0.25, 0.3) is 0 Å². The summed E-state index contributed by atoms with van der Waals surface area (Å²) in [6, 6.07) is 14.0. The van der Waals surface area contributed by atoms with Crippen molar-refractivity contribution in [1.82, 2.24) is 4.90 Å². The third kappa shape index (κ3) is 4.58. The Bertz CT molecular complexity index is 680. The maximum atomic E-state index is 12.5. The largest absolute Gasteiger partial charge is 0.323 e. The molecule has 0 aromatic heterocycles. The number of carbonyl (C=O) groups excluding carboxylic acids is 1. The van der Waals surface area contributed by atoms with Crippen LogP contribution in [-0.4, -0.2) is 18.0 Å². The second-order valence-corrected chi connectivity index (χ2v) is 7.02. The van der Waals surface area contributed by atoms with Gasteiger partial charge in [0.1, 0.15) is 0 Å². The molecule has 0 spiro atoms. The molecule has 4 heteroatoms. The molecule has 0 aliphatic rings. The Kier molecular flexibility index (Phi) is 5.83. The maximum absolute atomic E-state index is 12.5. The average Bonchev–Trinajstić information content (AvgIpc) is 2.51. The summed E-state index contributed by atoms with van der Waals surface area (Å²) >= 11 is 3.42. The van der Waals surface area contributed by atoms with Gasteiger partial charge in [-0.05, 0) is 41.7 Å². The third-order valence-corrected chi connectivity index (χ3v) is 4.37. The molecule has 0 aliphatic carbocycles. The quantitative estimate of drug-likeness (QED) is 0.747. The van der Waals surface area contributed by atoms with Crippen molar-refractivity contribution in [3.63, 3.8) is 0 Å². The molecule has 1 N–H and O–H groups in total. The van der Waals surface area contributed by atoms with Crippen LogP contribution in [0.3, 0.4) is 0 Å². The summed E-state index contributed by atoms with van der Waals surface area (Å²) < 4.78 is 1.04. The van der Waals surface area contributed by atoms with Crippen molar-refractivity contribution < 1.29 is 4.79 Å². The summed E-state index contributed by atoms with van der Waals surface area (Å²) in [6.45, 7) is 6.87. The number of hydrogen-bond donors (Lipinski definition) is 1. The van der Waals surface area contributed by atoms with Gasteiger partial charge in [-0.15, -0.1) is 0 Å². The van der Waals surface area contributed by atoms with E-state index in [1.165, 1.54) is 0 Å². The molecule has 3 nitrogen and oxygen atoms in total. The minimum Gasteiger partial charge on any atom is -0.323 e. The predicted octanol–water partition coefficient (Wildman–Crippen LogP) is 5.54. The second kappa shape index (κ2) is 7.64. The van der Waals surface area contributed by atoms with Gasteiger partial charge in [-0.25, -0.2) is 4.79 Å². The molecule has 2 amide bonds. The molecule has 122 valence electrons. The van der Waals surface area contributed by atoms with E-state index in [0.29, 0.717) is 12.5 Å². The lowest BCUT2D eigenvalue weighted by molar-refractivity contribution is 0.220. The number of urea groups is 1. The monoisotopic (exact) mass is 374 g/mol. The van der Waals surface area contributed by atoms with Gasteiger partial charge in [0, 0.05) is 23.8 Å². The number of para-hydroxylation sites is 1. The molecule has 2 aromatic rings. The predicted molar refractivity (Wildman–Crippen MR) is 99.9 cm³/mol. The van der Waals surface area contributed by atoms with E-state index in [9.17, 15) is 4.79 Å². The average molecular weight is 375 g/mol. The van der Waals surface area contributed by atoms with Gasteiger partial charge in [0.2, 0.25) is 0 Å². The van der Waals surface area contributed by atoms with Crippen LogP contribution in [0, 0.1) is 6.92 Å². The third-order valence-electron chi connectivity index (χ3n) is 3.84. The Hall–Kier alpha value is -1.81. The second-order valence-electron chi connectivity index (χ2n) is 6.11. The molecular formula is C19H23BrN2O. The van der Waals surface area contributed by atoms with Crippen LogP contribution < -0.4 is 5.32 Å². The normalized spacial score (nSPS) is 10.7. The lowest BCUT2D eigenvalue weighted by Gasteiger charge is -2.21. The first kappa shape index (κ1) is 17.5. The number of amides is 2. The van der Waals surface area contributed by atoms with Crippen molar-refractivity contribution in [1.29, 1.82) is 0 Å². The van der Waals surface area contributed by atoms with E-state index < -0.39 is 0 Å². The number of benzene rings is 2.